The van der Waals surface area contributed by atoms with E-state index >= 15 is 0 Å². The average molecular weight is 247 g/mol. The van der Waals surface area contributed by atoms with Gasteiger partial charge in [0.25, 0.3) is 0 Å². The van der Waals surface area contributed by atoms with Crippen molar-refractivity contribution >= 4 is 17.3 Å². The van der Waals surface area contributed by atoms with Crippen LogP contribution in [0.5, 0.6) is 0 Å². The maximum absolute atomic E-state index is 5.89. The predicted octanol–water partition coefficient (Wildman–Crippen LogP) is 3.23. The van der Waals surface area contributed by atoms with Gasteiger partial charge in [-0.05, 0) is 42.4 Å². The van der Waals surface area contributed by atoms with Crippen LogP contribution in [0.15, 0.2) is 48.5 Å². The highest BCUT2D eigenvalue weighted by atomic mass is 35.5. The van der Waals surface area contributed by atoms with Crippen molar-refractivity contribution in [3.05, 3.63) is 64.7 Å². The summed E-state index contributed by atoms with van der Waals surface area (Å²) in [7, 11) is 1.93. The van der Waals surface area contributed by atoms with Crippen molar-refractivity contribution in [2.45, 2.75) is 6.04 Å². The Morgan fingerprint density at radius 2 is 1.76 bits per heavy atom. The Labute approximate surface area is 106 Å². The van der Waals surface area contributed by atoms with Gasteiger partial charge in [-0.1, -0.05) is 35.9 Å². The highest BCUT2D eigenvalue weighted by Crippen LogP contribution is 2.24. The first-order valence-electron chi connectivity index (χ1n) is 5.49. The molecule has 2 rings (SSSR count). The molecule has 0 bridgehead atoms. The quantitative estimate of drug-likeness (QED) is 0.816. The second-order valence-electron chi connectivity index (χ2n) is 3.94. The van der Waals surface area contributed by atoms with Gasteiger partial charge in [0, 0.05) is 10.7 Å². The van der Waals surface area contributed by atoms with E-state index in [4.69, 9.17) is 17.3 Å². The molecule has 0 heterocycles. The zero-order valence-corrected chi connectivity index (χ0v) is 10.4. The maximum atomic E-state index is 5.89. The number of nitrogens with one attached hydrogen (secondary N) is 1. The van der Waals surface area contributed by atoms with Crippen molar-refractivity contribution in [2.75, 3.05) is 12.8 Å². The number of benzene rings is 2. The summed E-state index contributed by atoms with van der Waals surface area (Å²) in [6.07, 6.45) is 0. The van der Waals surface area contributed by atoms with E-state index in [0.29, 0.717) is 0 Å². The molecule has 0 saturated carbocycles. The third-order valence-corrected chi connectivity index (χ3v) is 2.99. The minimum absolute atomic E-state index is 0.135. The Morgan fingerprint density at radius 1 is 1.06 bits per heavy atom. The number of nitrogen functional groups attached to an aromatic ring is 1. The monoisotopic (exact) mass is 246 g/mol. The molecular weight excluding hydrogens is 232 g/mol. The van der Waals surface area contributed by atoms with Crippen LogP contribution < -0.4 is 11.1 Å². The van der Waals surface area contributed by atoms with Crippen molar-refractivity contribution in [1.29, 1.82) is 0 Å². The molecule has 2 nitrogen and oxygen atoms in total. The van der Waals surface area contributed by atoms with E-state index in [0.717, 1.165) is 16.3 Å². The van der Waals surface area contributed by atoms with Gasteiger partial charge in [0.2, 0.25) is 0 Å². The van der Waals surface area contributed by atoms with Crippen LogP contribution in [-0.4, -0.2) is 7.05 Å². The third-order valence-electron chi connectivity index (χ3n) is 2.74. The van der Waals surface area contributed by atoms with Crippen LogP contribution >= 0.6 is 11.6 Å². The zero-order valence-electron chi connectivity index (χ0n) is 9.65. The fraction of sp³-hybridized carbons (Fsp3) is 0.143. The van der Waals surface area contributed by atoms with Gasteiger partial charge in [0.1, 0.15) is 0 Å². The number of hydrogen-bond donors (Lipinski definition) is 2. The number of nitrogens with two attached hydrogens (primary N) is 1. The number of anilines is 1. The summed E-state index contributed by atoms with van der Waals surface area (Å²) in [6, 6.07) is 15.9. The first-order chi connectivity index (χ1) is 8.20. The molecule has 3 heteroatoms. The van der Waals surface area contributed by atoms with Gasteiger partial charge in [0.15, 0.2) is 0 Å². The molecule has 1 unspecified atom stereocenters. The van der Waals surface area contributed by atoms with Gasteiger partial charge in [-0.25, -0.2) is 0 Å². The van der Waals surface area contributed by atoms with Crippen molar-refractivity contribution in [3.63, 3.8) is 0 Å². The molecule has 3 N–H and O–H groups in total. The molecule has 0 aromatic heterocycles. The van der Waals surface area contributed by atoms with Gasteiger partial charge >= 0.3 is 0 Å². The molecule has 88 valence electrons. The molecule has 0 spiro atoms. The topological polar surface area (TPSA) is 38.0 Å². The standard InChI is InChI=1S/C14H15ClN2/c1-17-14(10-5-7-12(15)8-6-10)11-3-2-4-13(16)9-11/h2-9,14,17H,16H2,1H3. The number of rotatable bonds is 3. The van der Waals surface area contributed by atoms with E-state index in [1.165, 1.54) is 5.56 Å². The normalized spacial score (nSPS) is 12.4. The molecule has 0 aliphatic heterocycles. The maximum Gasteiger partial charge on any atom is 0.0575 e. The Morgan fingerprint density at radius 3 is 2.35 bits per heavy atom. The van der Waals surface area contributed by atoms with Gasteiger partial charge < -0.3 is 11.1 Å². The summed E-state index contributed by atoms with van der Waals surface area (Å²) in [5.74, 6) is 0. The van der Waals surface area contributed by atoms with Crippen molar-refractivity contribution in [2.24, 2.45) is 0 Å². The van der Waals surface area contributed by atoms with E-state index in [9.17, 15) is 0 Å². The van der Waals surface area contributed by atoms with E-state index in [1.54, 1.807) is 0 Å². The van der Waals surface area contributed by atoms with Gasteiger partial charge in [-0.15, -0.1) is 0 Å². The lowest BCUT2D eigenvalue weighted by molar-refractivity contribution is 0.692. The van der Waals surface area contributed by atoms with Crippen LogP contribution in [0.25, 0.3) is 0 Å². The van der Waals surface area contributed by atoms with E-state index in [1.807, 2.05) is 49.5 Å². The summed E-state index contributed by atoms with van der Waals surface area (Å²) >= 11 is 5.89. The Kier molecular flexibility index (Phi) is 3.67. The molecular formula is C14H15ClN2. The van der Waals surface area contributed by atoms with Gasteiger partial charge in [-0.2, -0.15) is 0 Å². The molecule has 2 aromatic rings. The lowest BCUT2D eigenvalue weighted by atomic mass is 9.98. The predicted molar refractivity (Wildman–Crippen MR) is 73.2 cm³/mol. The first kappa shape index (κ1) is 12.0. The van der Waals surface area contributed by atoms with Crippen LogP contribution in [0.2, 0.25) is 5.02 Å². The lowest BCUT2D eigenvalue weighted by Crippen LogP contribution is -2.17. The lowest BCUT2D eigenvalue weighted by Gasteiger charge is -2.17. The van der Waals surface area contributed by atoms with Crippen LogP contribution in [0.3, 0.4) is 0 Å². The minimum atomic E-state index is 0.135. The Balaban J connectivity index is 2.36. The molecule has 2 aromatic carbocycles. The summed E-state index contributed by atoms with van der Waals surface area (Å²) in [4.78, 5) is 0. The zero-order chi connectivity index (χ0) is 12.3. The number of hydrogen-bond acceptors (Lipinski definition) is 2. The van der Waals surface area contributed by atoms with Crippen LogP contribution in [0, 0.1) is 0 Å². The Hall–Kier alpha value is -1.51. The van der Waals surface area contributed by atoms with E-state index in [2.05, 4.69) is 11.4 Å². The fourth-order valence-electron chi connectivity index (χ4n) is 1.92. The first-order valence-corrected chi connectivity index (χ1v) is 5.86. The smallest absolute Gasteiger partial charge is 0.0575 e. The summed E-state index contributed by atoms with van der Waals surface area (Å²) in [5.41, 5.74) is 8.90. The number of halogens is 1. The van der Waals surface area contributed by atoms with Gasteiger partial charge in [0.05, 0.1) is 6.04 Å². The highest BCUT2D eigenvalue weighted by molar-refractivity contribution is 6.30. The highest BCUT2D eigenvalue weighted by Gasteiger charge is 2.11. The second kappa shape index (κ2) is 5.21. The third kappa shape index (κ3) is 2.78. The van der Waals surface area contributed by atoms with Crippen molar-refractivity contribution in [3.8, 4) is 0 Å². The summed E-state index contributed by atoms with van der Waals surface area (Å²) in [6.45, 7) is 0. The molecule has 0 aliphatic rings. The van der Waals surface area contributed by atoms with E-state index < -0.39 is 0 Å². The fourth-order valence-corrected chi connectivity index (χ4v) is 2.05. The SMILES string of the molecule is CNC(c1ccc(Cl)cc1)c1cccc(N)c1. The summed E-state index contributed by atoms with van der Waals surface area (Å²) < 4.78 is 0. The second-order valence-corrected chi connectivity index (χ2v) is 4.38. The molecule has 0 fully saturated rings. The van der Waals surface area contributed by atoms with Gasteiger partial charge in [-0.3, -0.25) is 0 Å². The minimum Gasteiger partial charge on any atom is -0.399 e. The van der Waals surface area contributed by atoms with Crippen LogP contribution in [0.4, 0.5) is 5.69 Å². The van der Waals surface area contributed by atoms with Crippen molar-refractivity contribution in [1.82, 2.24) is 5.32 Å². The molecule has 0 aliphatic carbocycles. The molecule has 0 saturated heterocycles. The van der Waals surface area contributed by atoms with Crippen molar-refractivity contribution < 1.29 is 0 Å². The molecule has 1 atom stereocenters. The molecule has 17 heavy (non-hydrogen) atoms. The summed E-state index contributed by atoms with van der Waals surface area (Å²) in [5, 5.41) is 4.03. The van der Waals surface area contributed by atoms with Crippen LogP contribution in [-0.2, 0) is 0 Å². The van der Waals surface area contributed by atoms with E-state index in [-0.39, 0.29) is 6.04 Å². The molecule has 0 radical (unpaired) electrons. The van der Waals surface area contributed by atoms with Crippen LogP contribution in [0.1, 0.15) is 17.2 Å². The average Bonchev–Trinajstić information content (AvgIpc) is 2.33. The molecule has 0 amide bonds. The Bertz CT molecular complexity index is 494. The largest absolute Gasteiger partial charge is 0.399 e.